The van der Waals surface area contributed by atoms with Gasteiger partial charge in [-0.3, -0.25) is 14.4 Å². The van der Waals surface area contributed by atoms with E-state index in [0.29, 0.717) is 38.3 Å². The average Bonchev–Trinajstić information content (AvgIpc) is 2.84. The van der Waals surface area contributed by atoms with Crippen molar-refractivity contribution in [3.05, 3.63) is 54.7 Å². The number of nitriles is 1. The molecule has 1 saturated heterocycles. The Labute approximate surface area is 187 Å². The Morgan fingerprint density at radius 3 is 2.44 bits per heavy atom. The van der Waals surface area contributed by atoms with E-state index >= 15 is 0 Å². The van der Waals surface area contributed by atoms with Crippen molar-refractivity contribution in [3.63, 3.8) is 0 Å². The summed E-state index contributed by atoms with van der Waals surface area (Å²) in [5, 5.41) is 11.7. The molecule has 1 aliphatic heterocycles. The van der Waals surface area contributed by atoms with Gasteiger partial charge in [-0.05, 0) is 37.1 Å². The molecule has 2 heterocycles. The number of amides is 3. The van der Waals surface area contributed by atoms with Gasteiger partial charge < -0.3 is 15.1 Å². The molecular formula is C24H27N5O3. The molecule has 8 nitrogen and oxygen atoms in total. The molecule has 0 unspecified atom stereocenters. The predicted octanol–water partition coefficient (Wildman–Crippen LogP) is 2.99. The van der Waals surface area contributed by atoms with Gasteiger partial charge in [0.25, 0.3) is 0 Å². The third kappa shape index (κ3) is 6.38. The Balaban J connectivity index is 1.46. The fraction of sp³-hybridized carbons (Fsp3) is 0.375. The Kier molecular flexibility index (Phi) is 8.32. The van der Waals surface area contributed by atoms with Crippen molar-refractivity contribution >= 4 is 29.2 Å². The second-order valence-electron chi connectivity index (χ2n) is 7.65. The summed E-state index contributed by atoms with van der Waals surface area (Å²) < 4.78 is 0. The summed E-state index contributed by atoms with van der Waals surface area (Å²) in [4.78, 5) is 45.2. The molecule has 0 bridgehead atoms. The predicted molar refractivity (Wildman–Crippen MR) is 120 cm³/mol. The molecule has 0 radical (unpaired) electrons. The number of nitrogens with zero attached hydrogens (tertiary/aromatic N) is 4. The number of anilines is 2. The lowest BCUT2D eigenvalue weighted by Gasteiger charge is -2.31. The van der Waals surface area contributed by atoms with Crippen LogP contribution in [0.2, 0.25) is 0 Å². The first-order valence-corrected chi connectivity index (χ1v) is 10.8. The van der Waals surface area contributed by atoms with Crippen molar-refractivity contribution in [2.24, 2.45) is 5.92 Å². The summed E-state index contributed by atoms with van der Waals surface area (Å²) in [5.41, 5.74) is 0.722. The van der Waals surface area contributed by atoms with Crippen LogP contribution < -0.4 is 10.2 Å². The number of hydrogen-bond donors (Lipinski definition) is 1. The maximum atomic E-state index is 12.7. The number of nitrogens with one attached hydrogen (secondary N) is 1. The summed E-state index contributed by atoms with van der Waals surface area (Å²) in [6.45, 7) is 1.28. The molecule has 0 spiro atoms. The van der Waals surface area contributed by atoms with Crippen LogP contribution in [0.5, 0.6) is 0 Å². The van der Waals surface area contributed by atoms with E-state index in [4.69, 9.17) is 5.26 Å². The minimum Gasteiger partial charge on any atom is -0.343 e. The van der Waals surface area contributed by atoms with Crippen molar-refractivity contribution in [2.75, 3.05) is 29.9 Å². The maximum Gasteiger partial charge on any atom is 0.228 e. The van der Waals surface area contributed by atoms with E-state index in [0.717, 1.165) is 5.69 Å². The van der Waals surface area contributed by atoms with E-state index in [9.17, 15) is 14.4 Å². The topological polar surface area (TPSA) is 106 Å². The van der Waals surface area contributed by atoms with Crippen molar-refractivity contribution in [3.8, 4) is 6.07 Å². The Morgan fingerprint density at radius 2 is 1.78 bits per heavy atom. The Hall–Kier alpha value is -3.73. The van der Waals surface area contributed by atoms with E-state index in [2.05, 4.69) is 16.4 Å². The van der Waals surface area contributed by atoms with Gasteiger partial charge in [0.2, 0.25) is 17.7 Å². The molecule has 0 saturated carbocycles. The van der Waals surface area contributed by atoms with Gasteiger partial charge in [-0.2, -0.15) is 5.26 Å². The fourth-order valence-electron chi connectivity index (χ4n) is 3.73. The number of hydrogen-bond acceptors (Lipinski definition) is 5. The van der Waals surface area contributed by atoms with Gasteiger partial charge in [-0.1, -0.05) is 24.3 Å². The Morgan fingerprint density at radius 1 is 1.06 bits per heavy atom. The molecule has 32 heavy (non-hydrogen) atoms. The first-order valence-electron chi connectivity index (χ1n) is 10.8. The molecule has 1 fully saturated rings. The molecule has 1 aromatic heterocycles. The van der Waals surface area contributed by atoms with Crippen LogP contribution in [0.1, 0.15) is 32.1 Å². The number of piperidine rings is 1. The SMILES string of the molecule is N#CCCN(C(=O)CCC(=O)N1CCC(C(=O)Nc2ccccn2)CC1)c1ccccc1. The Bertz CT molecular complexity index is 951. The van der Waals surface area contributed by atoms with Crippen LogP contribution >= 0.6 is 0 Å². The van der Waals surface area contributed by atoms with Crippen molar-refractivity contribution in [1.29, 1.82) is 5.26 Å². The van der Waals surface area contributed by atoms with Crippen LogP contribution in [0, 0.1) is 17.2 Å². The van der Waals surface area contributed by atoms with Crippen LogP contribution in [-0.4, -0.2) is 47.2 Å². The van der Waals surface area contributed by atoms with Gasteiger partial charge in [0, 0.05) is 50.3 Å². The molecule has 8 heteroatoms. The van der Waals surface area contributed by atoms with Crippen LogP contribution in [0.3, 0.4) is 0 Å². The largest absolute Gasteiger partial charge is 0.343 e. The quantitative estimate of drug-likeness (QED) is 0.689. The maximum absolute atomic E-state index is 12.7. The van der Waals surface area contributed by atoms with Gasteiger partial charge in [0.05, 0.1) is 12.5 Å². The molecule has 2 aromatic rings. The van der Waals surface area contributed by atoms with Crippen LogP contribution in [0.15, 0.2) is 54.7 Å². The lowest BCUT2D eigenvalue weighted by Crippen LogP contribution is -2.42. The number of para-hydroxylation sites is 1. The second kappa shape index (κ2) is 11.6. The van der Waals surface area contributed by atoms with Crippen molar-refractivity contribution in [2.45, 2.75) is 32.1 Å². The van der Waals surface area contributed by atoms with E-state index < -0.39 is 0 Å². The van der Waals surface area contributed by atoms with E-state index in [-0.39, 0.29) is 42.9 Å². The fourth-order valence-corrected chi connectivity index (χ4v) is 3.73. The van der Waals surface area contributed by atoms with Gasteiger partial charge in [0.15, 0.2) is 0 Å². The average molecular weight is 434 g/mol. The van der Waals surface area contributed by atoms with E-state index in [1.54, 1.807) is 28.1 Å². The van der Waals surface area contributed by atoms with E-state index in [1.165, 1.54) is 0 Å². The number of benzene rings is 1. The monoisotopic (exact) mass is 433 g/mol. The minimum atomic E-state index is -0.176. The smallest absolute Gasteiger partial charge is 0.228 e. The molecule has 0 atom stereocenters. The highest BCUT2D eigenvalue weighted by Crippen LogP contribution is 2.21. The van der Waals surface area contributed by atoms with Gasteiger partial charge in [0.1, 0.15) is 5.82 Å². The molecule has 166 valence electrons. The van der Waals surface area contributed by atoms with Gasteiger partial charge in [-0.15, -0.1) is 0 Å². The normalized spacial score (nSPS) is 13.8. The zero-order valence-corrected chi connectivity index (χ0v) is 17.9. The van der Waals surface area contributed by atoms with Crippen LogP contribution in [0.4, 0.5) is 11.5 Å². The van der Waals surface area contributed by atoms with Crippen molar-refractivity contribution < 1.29 is 14.4 Å². The summed E-state index contributed by atoms with van der Waals surface area (Å²) in [5.74, 6) is 0.0118. The molecule has 1 aromatic carbocycles. The number of likely N-dealkylation sites (tertiary alicyclic amines) is 1. The summed E-state index contributed by atoms with van der Waals surface area (Å²) in [7, 11) is 0. The highest BCUT2D eigenvalue weighted by atomic mass is 16.2. The number of carbonyl (C=O) groups is 3. The summed E-state index contributed by atoms with van der Waals surface area (Å²) >= 11 is 0. The number of carbonyl (C=O) groups excluding carboxylic acids is 3. The zero-order chi connectivity index (χ0) is 22.8. The summed E-state index contributed by atoms with van der Waals surface area (Å²) in [6.07, 6.45) is 3.20. The first kappa shape index (κ1) is 22.9. The number of aromatic nitrogens is 1. The minimum absolute atomic E-state index is 0.0815. The van der Waals surface area contributed by atoms with Crippen LogP contribution in [0.25, 0.3) is 0 Å². The first-order chi connectivity index (χ1) is 15.6. The molecule has 3 amide bonds. The summed E-state index contributed by atoms with van der Waals surface area (Å²) in [6, 6.07) is 16.6. The van der Waals surface area contributed by atoms with Gasteiger partial charge >= 0.3 is 0 Å². The highest BCUT2D eigenvalue weighted by molar-refractivity contribution is 5.95. The molecule has 1 aliphatic rings. The number of pyridine rings is 1. The highest BCUT2D eigenvalue weighted by Gasteiger charge is 2.28. The second-order valence-corrected chi connectivity index (χ2v) is 7.65. The van der Waals surface area contributed by atoms with E-state index in [1.807, 2.05) is 36.4 Å². The van der Waals surface area contributed by atoms with Gasteiger partial charge in [-0.25, -0.2) is 4.98 Å². The lowest BCUT2D eigenvalue weighted by molar-refractivity contribution is -0.135. The van der Waals surface area contributed by atoms with Crippen LogP contribution in [-0.2, 0) is 14.4 Å². The molecule has 3 rings (SSSR count). The molecule has 0 aliphatic carbocycles. The molecule has 1 N–H and O–H groups in total. The number of rotatable bonds is 8. The standard InChI is InChI=1S/C24H27N5O3/c25-14-6-16-29(20-7-2-1-3-8-20)23(31)11-10-22(30)28-17-12-19(13-18-28)24(32)27-21-9-4-5-15-26-21/h1-5,7-9,15,19H,6,10-13,16-18H2,(H,26,27,32). The van der Waals surface area contributed by atoms with Crippen molar-refractivity contribution in [1.82, 2.24) is 9.88 Å². The lowest BCUT2D eigenvalue weighted by atomic mass is 9.95. The third-order valence-corrected chi connectivity index (χ3v) is 5.50. The third-order valence-electron chi connectivity index (χ3n) is 5.50. The zero-order valence-electron chi connectivity index (χ0n) is 17.9. The molecular weight excluding hydrogens is 406 g/mol.